The van der Waals surface area contributed by atoms with Gasteiger partial charge in [0.2, 0.25) is 0 Å². The molecule has 0 aliphatic carbocycles. The molecule has 6 heteroatoms. The Morgan fingerprint density at radius 1 is 1.04 bits per heavy atom. The SMILES string of the molecule is CCOC(=O)C(Cc1ccc(C#N)cc1)NC(=O)OCc1ccccc1. The number of ether oxygens (including phenoxy) is 2. The molecule has 0 aromatic heterocycles. The van der Waals surface area contributed by atoms with Gasteiger partial charge in [-0.05, 0) is 30.2 Å². The van der Waals surface area contributed by atoms with Crippen molar-refractivity contribution in [1.29, 1.82) is 5.26 Å². The Labute approximate surface area is 152 Å². The number of amides is 1. The number of nitrogens with zero attached hydrogens (tertiary/aromatic N) is 1. The van der Waals surface area contributed by atoms with Gasteiger partial charge in [-0.1, -0.05) is 42.5 Å². The maximum Gasteiger partial charge on any atom is 0.408 e. The largest absolute Gasteiger partial charge is 0.464 e. The average Bonchev–Trinajstić information content (AvgIpc) is 2.67. The van der Waals surface area contributed by atoms with Gasteiger partial charge in [-0.2, -0.15) is 5.26 Å². The zero-order valence-corrected chi connectivity index (χ0v) is 14.5. The lowest BCUT2D eigenvalue weighted by molar-refractivity contribution is -0.145. The Balaban J connectivity index is 1.98. The van der Waals surface area contributed by atoms with E-state index in [0.29, 0.717) is 5.56 Å². The molecular weight excluding hydrogens is 332 g/mol. The van der Waals surface area contributed by atoms with Crippen molar-refractivity contribution < 1.29 is 19.1 Å². The highest BCUT2D eigenvalue weighted by atomic mass is 16.6. The first-order valence-corrected chi connectivity index (χ1v) is 8.25. The Kier molecular flexibility index (Phi) is 7.19. The van der Waals surface area contributed by atoms with E-state index in [-0.39, 0.29) is 19.6 Å². The third kappa shape index (κ3) is 5.95. The summed E-state index contributed by atoms with van der Waals surface area (Å²) in [5.41, 5.74) is 2.17. The number of alkyl carbamates (subject to hydrolysis) is 1. The van der Waals surface area contributed by atoms with Crippen LogP contribution in [0.5, 0.6) is 0 Å². The number of nitriles is 1. The molecule has 1 N–H and O–H groups in total. The third-order valence-electron chi connectivity index (χ3n) is 3.60. The van der Waals surface area contributed by atoms with E-state index >= 15 is 0 Å². The Hall–Kier alpha value is -3.33. The van der Waals surface area contributed by atoms with E-state index < -0.39 is 18.1 Å². The number of hydrogen-bond donors (Lipinski definition) is 1. The standard InChI is InChI=1S/C20H20N2O4/c1-2-25-19(23)18(12-15-8-10-16(13-21)11-9-15)22-20(24)26-14-17-6-4-3-5-7-17/h3-11,18H,2,12,14H2,1H3,(H,22,24). The molecule has 1 unspecified atom stereocenters. The molecule has 6 nitrogen and oxygen atoms in total. The molecule has 0 bridgehead atoms. The van der Waals surface area contributed by atoms with Gasteiger partial charge in [-0.25, -0.2) is 9.59 Å². The number of carbonyl (C=O) groups is 2. The topological polar surface area (TPSA) is 88.4 Å². The molecule has 2 rings (SSSR count). The van der Waals surface area contributed by atoms with Crippen LogP contribution in [0.4, 0.5) is 4.79 Å². The molecule has 1 amide bonds. The van der Waals surface area contributed by atoms with Crippen LogP contribution in [0.3, 0.4) is 0 Å². The highest BCUT2D eigenvalue weighted by molar-refractivity contribution is 5.81. The molecule has 0 saturated carbocycles. The fourth-order valence-electron chi connectivity index (χ4n) is 2.29. The molecular formula is C20H20N2O4. The molecule has 0 aliphatic heterocycles. The van der Waals surface area contributed by atoms with E-state index in [9.17, 15) is 9.59 Å². The summed E-state index contributed by atoms with van der Waals surface area (Å²) in [5.74, 6) is -0.534. The van der Waals surface area contributed by atoms with Crippen molar-refractivity contribution in [2.45, 2.75) is 26.0 Å². The van der Waals surface area contributed by atoms with Gasteiger partial charge in [0.1, 0.15) is 12.6 Å². The smallest absolute Gasteiger partial charge is 0.408 e. The van der Waals surface area contributed by atoms with Crippen LogP contribution in [0, 0.1) is 11.3 Å². The van der Waals surface area contributed by atoms with Crippen molar-refractivity contribution >= 4 is 12.1 Å². The average molecular weight is 352 g/mol. The van der Waals surface area contributed by atoms with Crippen LogP contribution in [0.15, 0.2) is 54.6 Å². The van der Waals surface area contributed by atoms with Gasteiger partial charge in [-0.15, -0.1) is 0 Å². The molecule has 0 aliphatic rings. The van der Waals surface area contributed by atoms with Gasteiger partial charge >= 0.3 is 12.1 Å². The second-order valence-electron chi connectivity index (χ2n) is 5.52. The summed E-state index contributed by atoms with van der Waals surface area (Å²) in [4.78, 5) is 24.2. The second-order valence-corrected chi connectivity index (χ2v) is 5.52. The third-order valence-corrected chi connectivity index (χ3v) is 3.60. The van der Waals surface area contributed by atoms with E-state index in [4.69, 9.17) is 14.7 Å². The van der Waals surface area contributed by atoms with E-state index in [0.717, 1.165) is 11.1 Å². The normalized spacial score (nSPS) is 11.1. The fourth-order valence-corrected chi connectivity index (χ4v) is 2.29. The molecule has 2 aromatic rings. The van der Waals surface area contributed by atoms with Crippen LogP contribution in [0.25, 0.3) is 0 Å². The highest BCUT2D eigenvalue weighted by Crippen LogP contribution is 2.08. The van der Waals surface area contributed by atoms with Crippen molar-refractivity contribution in [3.63, 3.8) is 0 Å². The molecule has 0 heterocycles. The number of nitrogens with one attached hydrogen (secondary N) is 1. The van der Waals surface area contributed by atoms with Crippen molar-refractivity contribution in [2.24, 2.45) is 0 Å². The molecule has 2 aromatic carbocycles. The minimum atomic E-state index is -0.869. The van der Waals surface area contributed by atoms with Crippen LogP contribution in [-0.4, -0.2) is 24.7 Å². The van der Waals surface area contributed by atoms with Gasteiger partial charge < -0.3 is 14.8 Å². The summed E-state index contributed by atoms with van der Waals surface area (Å²) in [6.45, 7) is 2.02. The molecule has 0 spiro atoms. The van der Waals surface area contributed by atoms with Gasteiger partial charge in [0.15, 0.2) is 0 Å². The lowest BCUT2D eigenvalue weighted by Gasteiger charge is -2.17. The van der Waals surface area contributed by atoms with Gasteiger partial charge in [0, 0.05) is 6.42 Å². The lowest BCUT2D eigenvalue weighted by Crippen LogP contribution is -2.43. The number of hydrogen-bond acceptors (Lipinski definition) is 5. The van der Waals surface area contributed by atoms with Gasteiger partial charge in [0.25, 0.3) is 0 Å². The van der Waals surface area contributed by atoms with Crippen LogP contribution < -0.4 is 5.32 Å². The van der Waals surface area contributed by atoms with E-state index in [1.807, 2.05) is 36.4 Å². The summed E-state index contributed by atoms with van der Waals surface area (Å²) in [7, 11) is 0. The van der Waals surface area contributed by atoms with Gasteiger partial charge in [-0.3, -0.25) is 0 Å². The summed E-state index contributed by atoms with van der Waals surface area (Å²) >= 11 is 0. The molecule has 0 fully saturated rings. The number of rotatable bonds is 7. The van der Waals surface area contributed by atoms with Crippen LogP contribution in [0.1, 0.15) is 23.6 Å². The first-order valence-electron chi connectivity index (χ1n) is 8.25. The molecule has 134 valence electrons. The minimum absolute atomic E-state index is 0.110. The Bertz CT molecular complexity index is 767. The molecule has 0 radical (unpaired) electrons. The zero-order chi connectivity index (χ0) is 18.8. The Morgan fingerprint density at radius 3 is 2.35 bits per heavy atom. The second kappa shape index (κ2) is 9.84. The fraction of sp³-hybridized carbons (Fsp3) is 0.250. The quantitative estimate of drug-likeness (QED) is 0.774. The van der Waals surface area contributed by atoms with E-state index in [1.165, 1.54) is 0 Å². The first kappa shape index (κ1) is 19.0. The first-order chi connectivity index (χ1) is 12.6. The van der Waals surface area contributed by atoms with E-state index in [1.54, 1.807) is 31.2 Å². The van der Waals surface area contributed by atoms with Crippen LogP contribution >= 0.6 is 0 Å². The van der Waals surface area contributed by atoms with Crippen molar-refractivity contribution in [3.8, 4) is 6.07 Å². The summed E-state index contributed by atoms with van der Waals surface area (Å²) in [6, 6.07) is 17.2. The van der Waals surface area contributed by atoms with Crippen molar-refractivity contribution in [1.82, 2.24) is 5.32 Å². The number of esters is 1. The van der Waals surface area contributed by atoms with Crippen molar-refractivity contribution in [2.75, 3.05) is 6.61 Å². The molecule has 0 saturated heterocycles. The van der Waals surface area contributed by atoms with E-state index in [2.05, 4.69) is 5.32 Å². The molecule has 26 heavy (non-hydrogen) atoms. The van der Waals surface area contributed by atoms with Crippen molar-refractivity contribution in [3.05, 3.63) is 71.3 Å². The number of carbonyl (C=O) groups excluding carboxylic acids is 2. The van der Waals surface area contributed by atoms with Crippen LogP contribution in [0.2, 0.25) is 0 Å². The Morgan fingerprint density at radius 2 is 1.73 bits per heavy atom. The monoisotopic (exact) mass is 352 g/mol. The summed E-state index contributed by atoms with van der Waals surface area (Å²) in [5, 5.41) is 11.4. The molecule has 1 atom stereocenters. The van der Waals surface area contributed by atoms with Crippen LogP contribution in [-0.2, 0) is 27.3 Å². The summed E-state index contributed by atoms with van der Waals surface area (Å²) < 4.78 is 10.2. The summed E-state index contributed by atoms with van der Waals surface area (Å²) in [6.07, 6.45) is -0.453. The predicted octanol–water partition coefficient (Wildman–Crippen LogP) is 2.96. The maximum atomic E-state index is 12.1. The number of benzene rings is 2. The maximum absolute atomic E-state index is 12.1. The minimum Gasteiger partial charge on any atom is -0.464 e. The zero-order valence-electron chi connectivity index (χ0n) is 14.5. The van der Waals surface area contributed by atoms with Gasteiger partial charge in [0.05, 0.1) is 18.2 Å². The highest BCUT2D eigenvalue weighted by Gasteiger charge is 2.23. The lowest BCUT2D eigenvalue weighted by atomic mass is 10.0. The predicted molar refractivity (Wildman–Crippen MR) is 95.0 cm³/mol.